The Bertz CT molecular complexity index is 843. The van der Waals surface area contributed by atoms with Gasteiger partial charge in [0.05, 0.1) is 11.1 Å². The highest BCUT2D eigenvalue weighted by molar-refractivity contribution is 6.03. The maximum atomic E-state index is 12.9. The van der Waals surface area contributed by atoms with E-state index in [9.17, 15) is 9.59 Å². The summed E-state index contributed by atoms with van der Waals surface area (Å²) in [4.78, 5) is 25.8. The molecule has 2 aliphatic rings. The van der Waals surface area contributed by atoms with Crippen molar-refractivity contribution in [2.24, 2.45) is 0 Å². The molecule has 0 bridgehead atoms. The fourth-order valence-electron chi connectivity index (χ4n) is 3.29. The number of rotatable bonds is 4. The summed E-state index contributed by atoms with van der Waals surface area (Å²) in [6.07, 6.45) is 12.9. The molecule has 0 N–H and O–H groups in total. The second-order valence-corrected chi connectivity index (χ2v) is 7.75. The Kier molecular flexibility index (Phi) is 5.41. The van der Waals surface area contributed by atoms with Crippen LogP contribution in [0.1, 0.15) is 61.3 Å². The maximum Gasteiger partial charge on any atom is 0.339 e. The topological polar surface area (TPSA) is 52.6 Å². The number of allylic oxidation sites excluding steroid dienone is 4. The molecule has 0 saturated carbocycles. The number of hydrogen-bond donors (Lipinski definition) is 0. The van der Waals surface area contributed by atoms with E-state index in [1.54, 1.807) is 24.3 Å². The van der Waals surface area contributed by atoms with Crippen LogP contribution in [0.5, 0.6) is 0 Å². The summed E-state index contributed by atoms with van der Waals surface area (Å²) in [5.74, 6) is -1.06. The molecular formula is C24H26O4. The summed E-state index contributed by atoms with van der Waals surface area (Å²) in [5.41, 5.74) is 0.918. The van der Waals surface area contributed by atoms with Crippen LogP contribution in [-0.4, -0.2) is 23.1 Å². The van der Waals surface area contributed by atoms with Gasteiger partial charge in [-0.3, -0.25) is 0 Å². The van der Waals surface area contributed by atoms with E-state index in [2.05, 4.69) is 0 Å². The van der Waals surface area contributed by atoms with Crippen LogP contribution in [-0.2, 0) is 9.47 Å². The number of esters is 2. The lowest BCUT2D eigenvalue weighted by Gasteiger charge is -2.32. The predicted molar refractivity (Wildman–Crippen MR) is 109 cm³/mol. The molecule has 0 saturated heterocycles. The molecule has 2 atom stereocenters. The van der Waals surface area contributed by atoms with E-state index in [0.717, 1.165) is 11.1 Å². The van der Waals surface area contributed by atoms with Gasteiger partial charge in [-0.25, -0.2) is 9.59 Å². The van der Waals surface area contributed by atoms with Gasteiger partial charge in [0.15, 0.2) is 0 Å². The van der Waals surface area contributed by atoms with Crippen molar-refractivity contribution >= 4 is 11.9 Å². The van der Waals surface area contributed by atoms with Gasteiger partial charge >= 0.3 is 11.9 Å². The highest BCUT2D eigenvalue weighted by atomic mass is 16.6. The zero-order chi connectivity index (χ0) is 20.4. The van der Waals surface area contributed by atoms with E-state index in [0.29, 0.717) is 12.8 Å². The first kappa shape index (κ1) is 19.9. The molecule has 0 aliphatic heterocycles. The molecule has 2 aliphatic carbocycles. The Balaban J connectivity index is 1.83. The number of benzene rings is 1. The molecule has 1 aromatic rings. The number of ether oxygens (including phenoxy) is 2. The quantitative estimate of drug-likeness (QED) is 0.665. The van der Waals surface area contributed by atoms with Gasteiger partial charge in [0.2, 0.25) is 0 Å². The molecule has 0 fully saturated rings. The lowest BCUT2D eigenvalue weighted by atomic mass is 9.89. The highest BCUT2D eigenvalue weighted by Crippen LogP contribution is 2.32. The predicted octanol–water partition coefficient (Wildman–Crippen LogP) is 5.33. The maximum absolute atomic E-state index is 12.9. The zero-order valence-electron chi connectivity index (χ0n) is 16.8. The monoisotopic (exact) mass is 378 g/mol. The third-order valence-electron chi connectivity index (χ3n) is 5.65. The second kappa shape index (κ2) is 7.63. The lowest BCUT2D eigenvalue weighted by molar-refractivity contribution is 0.00227. The Labute approximate surface area is 166 Å². The zero-order valence-corrected chi connectivity index (χ0v) is 16.8. The van der Waals surface area contributed by atoms with Gasteiger partial charge in [-0.05, 0) is 51.0 Å². The Morgan fingerprint density at radius 3 is 1.54 bits per heavy atom. The van der Waals surface area contributed by atoms with Crippen LogP contribution < -0.4 is 0 Å². The average Bonchev–Trinajstić information content (AvgIpc) is 2.66. The van der Waals surface area contributed by atoms with Gasteiger partial charge in [-0.2, -0.15) is 0 Å². The molecule has 0 spiro atoms. The molecule has 4 nitrogen and oxygen atoms in total. The fourth-order valence-corrected chi connectivity index (χ4v) is 3.29. The van der Waals surface area contributed by atoms with E-state index in [1.807, 2.05) is 64.2 Å². The molecule has 146 valence electrons. The first-order chi connectivity index (χ1) is 13.3. The number of carbonyl (C=O) groups is 2. The van der Waals surface area contributed by atoms with Gasteiger partial charge in [-0.1, -0.05) is 48.6 Å². The van der Waals surface area contributed by atoms with E-state index >= 15 is 0 Å². The molecule has 1 aromatic carbocycles. The van der Waals surface area contributed by atoms with Crippen LogP contribution in [0.4, 0.5) is 0 Å². The van der Waals surface area contributed by atoms with Crippen molar-refractivity contribution in [2.75, 3.05) is 0 Å². The van der Waals surface area contributed by atoms with Crippen LogP contribution in [0.3, 0.4) is 0 Å². The number of carbonyl (C=O) groups excluding carboxylic acids is 2. The fraction of sp³-hybridized carbons (Fsp3) is 0.333. The van der Waals surface area contributed by atoms with Gasteiger partial charge < -0.3 is 9.47 Å². The van der Waals surface area contributed by atoms with Gasteiger partial charge in [-0.15, -0.1) is 0 Å². The molecule has 4 heteroatoms. The molecule has 0 radical (unpaired) electrons. The molecule has 2 unspecified atom stereocenters. The largest absolute Gasteiger partial charge is 0.451 e. The lowest BCUT2D eigenvalue weighted by Crippen LogP contribution is -2.35. The van der Waals surface area contributed by atoms with Crippen LogP contribution in [0.25, 0.3) is 0 Å². The Morgan fingerprint density at radius 2 is 1.18 bits per heavy atom. The Morgan fingerprint density at radius 1 is 0.786 bits per heavy atom. The third kappa shape index (κ3) is 3.86. The van der Waals surface area contributed by atoms with Crippen LogP contribution in [0.2, 0.25) is 0 Å². The van der Waals surface area contributed by atoms with E-state index < -0.39 is 23.1 Å². The summed E-state index contributed by atoms with van der Waals surface area (Å²) in [7, 11) is 0. The van der Waals surface area contributed by atoms with Crippen LogP contribution in [0.15, 0.2) is 71.9 Å². The highest BCUT2D eigenvalue weighted by Gasteiger charge is 2.35. The molecule has 0 amide bonds. The van der Waals surface area contributed by atoms with Gasteiger partial charge in [0.1, 0.15) is 11.2 Å². The molecular weight excluding hydrogens is 352 g/mol. The standard InChI is InChI=1S/C24H26O4/c1-17-11-7-9-15-23(17,3)27-21(25)19-13-5-6-14-20(19)22(26)28-24(4)16-10-8-12-18(24)2/h5-14H,15-16H2,1-4H3. The SMILES string of the molecule is CC1=CC=CCC1(C)OC(=O)c1ccccc1C(=O)OC1(C)CC=CC=C1C. The van der Waals surface area contributed by atoms with Crippen molar-refractivity contribution in [1.82, 2.24) is 0 Å². The van der Waals surface area contributed by atoms with Crippen LogP contribution >= 0.6 is 0 Å². The summed E-state index contributed by atoms with van der Waals surface area (Å²) >= 11 is 0. The second-order valence-electron chi connectivity index (χ2n) is 7.75. The summed E-state index contributed by atoms with van der Waals surface area (Å²) in [5, 5.41) is 0. The molecule has 28 heavy (non-hydrogen) atoms. The minimum absolute atomic E-state index is 0.215. The third-order valence-corrected chi connectivity index (χ3v) is 5.65. The van der Waals surface area contributed by atoms with Gasteiger partial charge in [0, 0.05) is 12.8 Å². The smallest absolute Gasteiger partial charge is 0.339 e. The Hall–Kier alpha value is -2.88. The van der Waals surface area contributed by atoms with Crippen molar-refractivity contribution in [1.29, 1.82) is 0 Å². The van der Waals surface area contributed by atoms with Crippen molar-refractivity contribution in [2.45, 2.75) is 51.7 Å². The summed E-state index contributed by atoms with van der Waals surface area (Å²) in [6, 6.07) is 6.64. The van der Waals surface area contributed by atoms with Crippen LogP contribution in [0, 0.1) is 0 Å². The molecule has 0 aromatic heterocycles. The van der Waals surface area contributed by atoms with Crippen molar-refractivity contribution < 1.29 is 19.1 Å². The molecule has 3 rings (SSSR count). The minimum atomic E-state index is -0.720. The van der Waals surface area contributed by atoms with Crippen molar-refractivity contribution in [3.8, 4) is 0 Å². The first-order valence-electron chi connectivity index (χ1n) is 9.49. The van der Waals surface area contributed by atoms with Gasteiger partial charge in [0.25, 0.3) is 0 Å². The minimum Gasteiger partial charge on any atom is -0.451 e. The first-order valence-corrected chi connectivity index (χ1v) is 9.49. The van der Waals surface area contributed by atoms with E-state index in [4.69, 9.17) is 9.47 Å². The normalized spacial score (nSPS) is 26.3. The van der Waals surface area contributed by atoms with E-state index in [-0.39, 0.29) is 11.1 Å². The van der Waals surface area contributed by atoms with E-state index in [1.165, 1.54) is 0 Å². The molecule has 0 heterocycles. The summed E-state index contributed by atoms with van der Waals surface area (Å²) in [6.45, 7) is 7.63. The number of hydrogen-bond acceptors (Lipinski definition) is 4. The average molecular weight is 378 g/mol. The summed E-state index contributed by atoms with van der Waals surface area (Å²) < 4.78 is 11.6. The van der Waals surface area contributed by atoms with Crippen molar-refractivity contribution in [3.63, 3.8) is 0 Å². The van der Waals surface area contributed by atoms with Crippen molar-refractivity contribution in [3.05, 3.63) is 83.0 Å².